The number of carboxylic acids is 1. The third-order valence-electron chi connectivity index (χ3n) is 8.14. The smallest absolute Gasteiger partial charge is 0.323 e. The van der Waals surface area contributed by atoms with E-state index in [2.05, 4.69) is 27.2 Å². The minimum atomic E-state index is -0.847. The summed E-state index contributed by atoms with van der Waals surface area (Å²) in [5.74, 6) is -0.847. The molecule has 1 aliphatic heterocycles. The van der Waals surface area contributed by atoms with E-state index < -0.39 is 5.97 Å². The maximum atomic E-state index is 11.9. The highest BCUT2D eigenvalue weighted by Gasteiger charge is 2.29. The Kier molecular flexibility index (Phi) is 8.55. The normalized spacial score (nSPS) is 17.8. The fourth-order valence-electron chi connectivity index (χ4n) is 6.40. The van der Waals surface area contributed by atoms with E-state index in [-0.39, 0.29) is 20.0 Å². The van der Waals surface area contributed by atoms with Crippen molar-refractivity contribution in [2.45, 2.75) is 52.2 Å². The molecule has 1 aromatic carbocycles. The zero-order valence-corrected chi connectivity index (χ0v) is 21.9. The summed E-state index contributed by atoms with van der Waals surface area (Å²) in [7, 11) is 0. The second-order valence-corrected chi connectivity index (χ2v) is 10.5. The number of aryl methyl sites for hydroxylation is 1. The molecule has 8 heteroatoms. The Bertz CT molecular complexity index is 1430. The molecule has 1 aliphatic carbocycles. The van der Waals surface area contributed by atoms with Gasteiger partial charge in [0, 0.05) is 68.0 Å². The fourth-order valence-corrected chi connectivity index (χ4v) is 6.40. The summed E-state index contributed by atoms with van der Waals surface area (Å²) < 4.78 is 1.93. The van der Waals surface area contributed by atoms with Crippen molar-refractivity contribution in [3.8, 4) is 0 Å². The minimum Gasteiger partial charge on any atom is -0.480 e. The van der Waals surface area contributed by atoms with Gasteiger partial charge in [-0.2, -0.15) is 0 Å². The fraction of sp³-hybridized carbons (Fsp3) is 0.452. The minimum absolute atomic E-state index is 0. The maximum absolute atomic E-state index is 11.9. The predicted molar refractivity (Wildman–Crippen MR) is 156 cm³/mol. The number of hydrogen-bond donors (Lipinski definition) is 2. The van der Waals surface area contributed by atoms with E-state index in [0.717, 1.165) is 92.5 Å². The lowest BCUT2D eigenvalue weighted by molar-refractivity contribution is -0.137. The largest absolute Gasteiger partial charge is 0.480 e. The van der Waals surface area contributed by atoms with Gasteiger partial charge < -0.3 is 19.9 Å². The summed E-state index contributed by atoms with van der Waals surface area (Å²) in [6.07, 6.45) is 8.17. The summed E-state index contributed by atoms with van der Waals surface area (Å²) in [4.78, 5) is 26.7. The number of carboxylic acid groups (broad SMARTS) is 1. The monoisotopic (exact) mass is 528 g/mol. The standard InChI is InChI=1S/C30H36N6O2.CH4/c37-28(38)21-36-26-9-2-1-8-23(26)24-11-13-32-25(30(24)36)20-35(17-5-16-34-18-14-31-15-19-34)27-10-3-6-22-7-4-12-33-29(22)27;/h1-2,4,7-9,11-13,27,31H,3,5-6,10,14-21H2,(H,37,38);1H4/t27-;/m0./s1. The summed E-state index contributed by atoms with van der Waals surface area (Å²) in [5.41, 5.74) is 5.35. The van der Waals surface area contributed by atoms with Gasteiger partial charge in [0.05, 0.1) is 22.9 Å². The van der Waals surface area contributed by atoms with Gasteiger partial charge in [-0.1, -0.05) is 31.7 Å². The number of fused-ring (bicyclic) bond motifs is 4. The number of nitrogens with zero attached hydrogens (tertiary/aromatic N) is 5. The second-order valence-electron chi connectivity index (χ2n) is 10.5. The van der Waals surface area contributed by atoms with Crippen LogP contribution in [0.5, 0.6) is 0 Å². The topological polar surface area (TPSA) is 86.5 Å². The lowest BCUT2D eigenvalue weighted by Gasteiger charge is -2.36. The molecule has 1 fully saturated rings. The molecule has 3 aromatic heterocycles. The zero-order chi connectivity index (χ0) is 25.9. The van der Waals surface area contributed by atoms with Crippen LogP contribution in [0.25, 0.3) is 21.8 Å². The SMILES string of the molecule is C.O=C(O)Cn1c2ccccc2c2ccnc(CN(CCCN3CCNCC3)[C@H]3CCCc4cccnc43)c21. The highest BCUT2D eigenvalue weighted by molar-refractivity contribution is 6.09. The van der Waals surface area contributed by atoms with E-state index in [1.807, 2.05) is 47.3 Å². The van der Waals surface area contributed by atoms with Crippen LogP contribution in [0.4, 0.5) is 0 Å². The molecular formula is C31H40N6O2. The lowest BCUT2D eigenvalue weighted by atomic mass is 9.90. The molecule has 4 heterocycles. The Morgan fingerprint density at radius 3 is 2.74 bits per heavy atom. The average molecular weight is 529 g/mol. The van der Waals surface area contributed by atoms with Crippen LogP contribution >= 0.6 is 0 Å². The third kappa shape index (κ3) is 5.69. The third-order valence-corrected chi connectivity index (χ3v) is 8.14. The number of carbonyl (C=O) groups is 1. The van der Waals surface area contributed by atoms with Crippen LogP contribution in [-0.4, -0.2) is 74.7 Å². The molecule has 0 saturated carbocycles. The highest BCUT2D eigenvalue weighted by atomic mass is 16.4. The van der Waals surface area contributed by atoms with Crippen molar-refractivity contribution in [3.63, 3.8) is 0 Å². The van der Waals surface area contributed by atoms with Crippen molar-refractivity contribution >= 4 is 27.8 Å². The number of hydrogen-bond acceptors (Lipinski definition) is 6. The molecule has 206 valence electrons. The number of rotatable bonds is 9. The van der Waals surface area contributed by atoms with Crippen molar-refractivity contribution in [2.75, 3.05) is 39.3 Å². The van der Waals surface area contributed by atoms with E-state index in [1.54, 1.807) is 0 Å². The van der Waals surface area contributed by atoms with Crippen molar-refractivity contribution in [2.24, 2.45) is 0 Å². The van der Waals surface area contributed by atoms with Gasteiger partial charge in [-0.15, -0.1) is 0 Å². The highest BCUT2D eigenvalue weighted by Crippen LogP contribution is 2.36. The Balaban J connectivity index is 0.00000308. The number of aliphatic carboxylic acids is 1. The summed E-state index contributed by atoms with van der Waals surface area (Å²) in [5, 5.41) is 15.3. The number of benzene rings is 1. The molecule has 0 unspecified atom stereocenters. The van der Waals surface area contributed by atoms with Gasteiger partial charge in [0.2, 0.25) is 0 Å². The molecule has 2 N–H and O–H groups in total. The van der Waals surface area contributed by atoms with Crippen molar-refractivity contribution in [3.05, 3.63) is 71.8 Å². The number of pyridine rings is 2. The zero-order valence-electron chi connectivity index (χ0n) is 21.9. The molecular weight excluding hydrogens is 488 g/mol. The summed E-state index contributed by atoms with van der Waals surface area (Å²) in [6, 6.07) is 14.6. The van der Waals surface area contributed by atoms with E-state index in [9.17, 15) is 9.90 Å². The Hall–Kier alpha value is -3.33. The number of aromatic nitrogens is 3. The van der Waals surface area contributed by atoms with Crippen LogP contribution in [-0.2, 0) is 24.3 Å². The first-order valence-electron chi connectivity index (χ1n) is 13.9. The quantitative estimate of drug-likeness (QED) is 0.331. The molecule has 0 radical (unpaired) electrons. The van der Waals surface area contributed by atoms with Gasteiger partial charge in [-0.25, -0.2) is 0 Å². The number of para-hydroxylation sites is 1. The summed E-state index contributed by atoms with van der Waals surface area (Å²) in [6.45, 7) is 6.93. The molecule has 6 rings (SSSR count). The molecule has 39 heavy (non-hydrogen) atoms. The van der Waals surface area contributed by atoms with Crippen molar-refractivity contribution in [1.82, 2.24) is 29.7 Å². The molecule has 1 atom stereocenters. The van der Waals surface area contributed by atoms with Gasteiger partial charge in [-0.3, -0.25) is 19.7 Å². The molecule has 0 amide bonds. The van der Waals surface area contributed by atoms with Crippen LogP contribution in [0.1, 0.15) is 49.7 Å². The van der Waals surface area contributed by atoms with Crippen LogP contribution in [0, 0.1) is 0 Å². The number of piperazine rings is 1. The predicted octanol–water partition coefficient (Wildman–Crippen LogP) is 4.48. The molecule has 4 aromatic rings. The lowest BCUT2D eigenvalue weighted by Crippen LogP contribution is -2.44. The number of nitrogens with one attached hydrogen (secondary N) is 1. The molecule has 0 spiro atoms. The van der Waals surface area contributed by atoms with E-state index in [1.165, 1.54) is 11.3 Å². The average Bonchev–Trinajstić information content (AvgIpc) is 3.26. The Morgan fingerprint density at radius 1 is 1.05 bits per heavy atom. The second kappa shape index (κ2) is 12.2. The molecule has 0 bridgehead atoms. The first kappa shape index (κ1) is 27.2. The van der Waals surface area contributed by atoms with Crippen molar-refractivity contribution in [1.29, 1.82) is 0 Å². The van der Waals surface area contributed by atoms with Crippen LogP contribution in [0.15, 0.2) is 54.9 Å². The van der Waals surface area contributed by atoms with Gasteiger partial charge >= 0.3 is 5.97 Å². The Morgan fingerprint density at radius 2 is 1.90 bits per heavy atom. The van der Waals surface area contributed by atoms with Gasteiger partial charge in [0.1, 0.15) is 6.54 Å². The maximum Gasteiger partial charge on any atom is 0.323 e. The van der Waals surface area contributed by atoms with E-state index >= 15 is 0 Å². The summed E-state index contributed by atoms with van der Waals surface area (Å²) >= 11 is 0. The Labute approximate surface area is 230 Å². The van der Waals surface area contributed by atoms with Gasteiger partial charge in [0.25, 0.3) is 0 Å². The van der Waals surface area contributed by atoms with Gasteiger partial charge in [0.15, 0.2) is 0 Å². The van der Waals surface area contributed by atoms with E-state index in [4.69, 9.17) is 9.97 Å². The van der Waals surface area contributed by atoms with Crippen LogP contribution in [0.2, 0.25) is 0 Å². The van der Waals surface area contributed by atoms with Crippen molar-refractivity contribution < 1.29 is 9.90 Å². The van der Waals surface area contributed by atoms with Crippen LogP contribution in [0.3, 0.4) is 0 Å². The first-order valence-corrected chi connectivity index (χ1v) is 13.9. The van der Waals surface area contributed by atoms with Gasteiger partial charge in [-0.05, 0) is 56.0 Å². The molecule has 8 nitrogen and oxygen atoms in total. The molecule has 1 saturated heterocycles. The van der Waals surface area contributed by atoms with Crippen LogP contribution < -0.4 is 5.32 Å². The van der Waals surface area contributed by atoms with E-state index in [0.29, 0.717) is 6.54 Å². The molecule has 2 aliphatic rings. The first-order chi connectivity index (χ1) is 18.7.